The summed E-state index contributed by atoms with van der Waals surface area (Å²) in [6.45, 7) is 7.22. The minimum absolute atomic E-state index is 0.160. The Bertz CT molecular complexity index is 898. The van der Waals surface area contributed by atoms with E-state index in [0.717, 1.165) is 24.7 Å². The van der Waals surface area contributed by atoms with Gasteiger partial charge in [-0.25, -0.2) is 18.4 Å². The number of anilines is 1. The highest BCUT2D eigenvalue weighted by molar-refractivity contribution is 7.89. The second-order valence-electron chi connectivity index (χ2n) is 6.99. The Morgan fingerprint density at radius 1 is 1.19 bits per heavy atom. The molecule has 0 bridgehead atoms. The lowest BCUT2D eigenvalue weighted by Gasteiger charge is -2.21. The van der Waals surface area contributed by atoms with Crippen LogP contribution in [0.15, 0.2) is 29.6 Å². The minimum atomic E-state index is -3.53. The number of hydrogen-bond donors (Lipinski definition) is 0. The van der Waals surface area contributed by atoms with Crippen molar-refractivity contribution in [1.82, 2.24) is 18.8 Å². The number of fused-ring (bicyclic) bond motifs is 1. The van der Waals surface area contributed by atoms with E-state index in [2.05, 4.69) is 14.9 Å². The average molecular weight is 396 g/mol. The number of halogens is 1. The van der Waals surface area contributed by atoms with E-state index in [1.165, 1.54) is 0 Å². The molecule has 2 aromatic rings. The molecule has 2 aliphatic rings. The lowest BCUT2D eigenvalue weighted by atomic mass is 10.0. The molecule has 0 radical (unpaired) electrons. The second-order valence-corrected chi connectivity index (χ2v) is 9.32. The molecule has 0 aliphatic carbocycles. The molecule has 9 heteroatoms. The van der Waals surface area contributed by atoms with Crippen molar-refractivity contribution in [3.8, 4) is 0 Å². The third kappa shape index (κ3) is 3.00. The van der Waals surface area contributed by atoms with Gasteiger partial charge in [-0.05, 0) is 37.8 Å². The zero-order valence-electron chi connectivity index (χ0n) is 14.8. The van der Waals surface area contributed by atoms with Crippen LogP contribution in [0, 0.1) is 18.8 Å². The SMILES string of the molecule is CCn1cc(S(=O)(=O)N2CC3CN(c4ccc(Cl)cn4)CC3C2)nc1C. The fourth-order valence-electron chi connectivity index (χ4n) is 3.94. The zero-order chi connectivity index (χ0) is 18.5. The summed E-state index contributed by atoms with van der Waals surface area (Å²) in [4.78, 5) is 10.9. The molecule has 0 saturated carbocycles. The molecule has 0 N–H and O–H groups in total. The maximum Gasteiger partial charge on any atom is 0.262 e. The summed E-state index contributed by atoms with van der Waals surface area (Å²) < 4.78 is 29.3. The molecule has 4 rings (SSSR count). The van der Waals surface area contributed by atoms with Gasteiger partial charge in [-0.15, -0.1) is 0 Å². The molecule has 2 unspecified atom stereocenters. The number of aryl methyl sites for hydroxylation is 2. The van der Waals surface area contributed by atoms with E-state index in [9.17, 15) is 8.42 Å². The highest BCUT2D eigenvalue weighted by atomic mass is 35.5. The van der Waals surface area contributed by atoms with Gasteiger partial charge in [0.05, 0.1) is 5.02 Å². The molecule has 0 spiro atoms. The van der Waals surface area contributed by atoms with Gasteiger partial charge in [-0.3, -0.25) is 0 Å². The summed E-state index contributed by atoms with van der Waals surface area (Å²) in [5, 5.41) is 0.778. The standard InChI is InChI=1S/C17H22ClN5O2S/c1-3-21-11-17(20-12(21)2)26(24,25)23-9-13-7-22(8-14(13)10-23)16-5-4-15(18)6-19-16/h4-6,11,13-14H,3,7-10H2,1-2H3. The molecule has 4 heterocycles. The van der Waals surface area contributed by atoms with Crippen LogP contribution in [-0.4, -0.2) is 53.4 Å². The Morgan fingerprint density at radius 3 is 2.42 bits per heavy atom. The highest BCUT2D eigenvalue weighted by Gasteiger charge is 2.45. The zero-order valence-corrected chi connectivity index (χ0v) is 16.4. The summed E-state index contributed by atoms with van der Waals surface area (Å²) in [7, 11) is -3.53. The van der Waals surface area contributed by atoms with Gasteiger partial charge in [0.25, 0.3) is 10.0 Å². The normalized spacial score (nSPS) is 23.6. The smallest absolute Gasteiger partial charge is 0.262 e. The van der Waals surface area contributed by atoms with Crippen molar-refractivity contribution in [3.05, 3.63) is 35.4 Å². The van der Waals surface area contributed by atoms with Crippen LogP contribution in [-0.2, 0) is 16.6 Å². The number of aromatic nitrogens is 3. The Balaban J connectivity index is 1.47. The Hall–Kier alpha value is -1.64. The van der Waals surface area contributed by atoms with Crippen LogP contribution in [0.4, 0.5) is 5.82 Å². The topological polar surface area (TPSA) is 71.3 Å². The molecular weight excluding hydrogens is 374 g/mol. The van der Waals surface area contributed by atoms with E-state index in [1.807, 2.05) is 30.5 Å². The summed E-state index contributed by atoms with van der Waals surface area (Å²) >= 11 is 5.90. The van der Waals surface area contributed by atoms with Gasteiger partial charge in [0.1, 0.15) is 11.6 Å². The van der Waals surface area contributed by atoms with Crippen molar-refractivity contribution in [3.63, 3.8) is 0 Å². The highest BCUT2D eigenvalue weighted by Crippen LogP contribution is 2.35. The maximum absolute atomic E-state index is 12.9. The molecule has 0 amide bonds. The van der Waals surface area contributed by atoms with Gasteiger partial charge in [-0.1, -0.05) is 11.6 Å². The van der Waals surface area contributed by atoms with Crippen molar-refractivity contribution in [2.45, 2.75) is 25.4 Å². The van der Waals surface area contributed by atoms with Crippen LogP contribution in [0.3, 0.4) is 0 Å². The van der Waals surface area contributed by atoms with Crippen LogP contribution in [0.25, 0.3) is 0 Å². The molecule has 2 aliphatic heterocycles. The molecule has 2 saturated heterocycles. The summed E-state index contributed by atoms with van der Waals surface area (Å²) in [5.41, 5.74) is 0. The van der Waals surface area contributed by atoms with Gasteiger partial charge in [0.15, 0.2) is 5.03 Å². The van der Waals surface area contributed by atoms with E-state index in [4.69, 9.17) is 11.6 Å². The van der Waals surface area contributed by atoms with Crippen molar-refractivity contribution < 1.29 is 8.42 Å². The van der Waals surface area contributed by atoms with Crippen molar-refractivity contribution in [1.29, 1.82) is 0 Å². The van der Waals surface area contributed by atoms with E-state index in [-0.39, 0.29) is 5.03 Å². The van der Waals surface area contributed by atoms with Crippen molar-refractivity contribution in [2.75, 3.05) is 31.1 Å². The van der Waals surface area contributed by atoms with Crippen LogP contribution in [0.1, 0.15) is 12.7 Å². The lowest BCUT2D eigenvalue weighted by Crippen LogP contribution is -2.33. The minimum Gasteiger partial charge on any atom is -0.356 e. The molecule has 2 atom stereocenters. The third-order valence-electron chi connectivity index (χ3n) is 5.39. The van der Waals surface area contributed by atoms with Crippen LogP contribution >= 0.6 is 11.6 Å². The molecule has 2 aromatic heterocycles. The second kappa shape index (κ2) is 6.51. The number of rotatable bonds is 4. The first-order valence-corrected chi connectivity index (χ1v) is 10.6. The quantitative estimate of drug-likeness (QED) is 0.792. The monoisotopic (exact) mass is 395 g/mol. The first kappa shape index (κ1) is 17.8. The van der Waals surface area contributed by atoms with Crippen LogP contribution < -0.4 is 4.90 Å². The number of sulfonamides is 1. The number of hydrogen-bond acceptors (Lipinski definition) is 5. The van der Waals surface area contributed by atoms with E-state index < -0.39 is 10.0 Å². The summed E-state index contributed by atoms with van der Waals surface area (Å²) in [5.74, 6) is 2.26. The molecule has 2 fully saturated rings. The van der Waals surface area contributed by atoms with Gasteiger partial charge in [0, 0.05) is 45.1 Å². The van der Waals surface area contributed by atoms with Gasteiger partial charge < -0.3 is 9.47 Å². The maximum atomic E-state index is 12.9. The predicted octanol–water partition coefficient (Wildman–Crippen LogP) is 2.02. The number of pyridine rings is 1. The van der Waals surface area contributed by atoms with Gasteiger partial charge in [-0.2, -0.15) is 4.31 Å². The molecule has 7 nitrogen and oxygen atoms in total. The largest absolute Gasteiger partial charge is 0.356 e. The molecule has 26 heavy (non-hydrogen) atoms. The summed E-state index contributed by atoms with van der Waals surface area (Å²) in [6.07, 6.45) is 3.29. The van der Waals surface area contributed by atoms with E-state index in [1.54, 1.807) is 16.7 Å². The van der Waals surface area contributed by atoms with Crippen LogP contribution in [0.2, 0.25) is 5.02 Å². The summed E-state index contributed by atoms with van der Waals surface area (Å²) in [6, 6.07) is 3.75. The molecule has 140 valence electrons. The fraction of sp³-hybridized carbons (Fsp3) is 0.529. The van der Waals surface area contributed by atoms with Crippen LogP contribution in [0.5, 0.6) is 0 Å². The fourth-order valence-corrected chi connectivity index (χ4v) is 5.60. The Labute approximate surface area is 158 Å². The average Bonchev–Trinajstić information content (AvgIpc) is 3.28. The van der Waals surface area contributed by atoms with Gasteiger partial charge in [0.2, 0.25) is 0 Å². The van der Waals surface area contributed by atoms with Gasteiger partial charge >= 0.3 is 0 Å². The molecule has 0 aromatic carbocycles. The van der Waals surface area contributed by atoms with Crippen molar-refractivity contribution >= 4 is 27.4 Å². The van der Waals surface area contributed by atoms with E-state index in [0.29, 0.717) is 36.5 Å². The number of imidazole rings is 1. The first-order chi connectivity index (χ1) is 12.4. The third-order valence-corrected chi connectivity index (χ3v) is 7.31. The Morgan fingerprint density at radius 2 is 1.88 bits per heavy atom. The predicted molar refractivity (Wildman–Crippen MR) is 99.8 cm³/mol. The van der Waals surface area contributed by atoms with Crippen molar-refractivity contribution in [2.24, 2.45) is 11.8 Å². The first-order valence-electron chi connectivity index (χ1n) is 8.79. The lowest BCUT2D eigenvalue weighted by molar-refractivity contribution is 0.450. The number of nitrogens with zero attached hydrogens (tertiary/aromatic N) is 5. The van der Waals surface area contributed by atoms with E-state index >= 15 is 0 Å². The Kier molecular flexibility index (Phi) is 4.45. The molecular formula is C17H22ClN5O2S.